The summed E-state index contributed by atoms with van der Waals surface area (Å²) in [5.41, 5.74) is 0.770. The van der Waals surface area contributed by atoms with Gasteiger partial charge in [0.25, 0.3) is 0 Å². The summed E-state index contributed by atoms with van der Waals surface area (Å²) in [4.78, 5) is 15.5. The number of nitrogens with zero attached hydrogens (tertiary/aromatic N) is 2. The Bertz CT molecular complexity index is 513. The first kappa shape index (κ1) is 13.7. The van der Waals surface area contributed by atoms with Crippen LogP contribution in [0.5, 0.6) is 0 Å². The lowest BCUT2D eigenvalue weighted by atomic mass is 10.3. The Morgan fingerprint density at radius 1 is 1.32 bits per heavy atom. The van der Waals surface area contributed by atoms with E-state index < -0.39 is 0 Å². The number of halogens is 1. The quantitative estimate of drug-likeness (QED) is 0.789. The van der Waals surface area contributed by atoms with E-state index in [1.165, 1.54) is 6.33 Å². The van der Waals surface area contributed by atoms with Crippen LogP contribution >= 0.6 is 15.9 Å². The van der Waals surface area contributed by atoms with E-state index in [1.807, 2.05) is 24.3 Å². The molecule has 1 aromatic carbocycles. The second-order valence-electron chi connectivity index (χ2n) is 3.82. The molecule has 0 saturated carbocycles. The Labute approximate surface area is 118 Å². The van der Waals surface area contributed by atoms with Crippen LogP contribution in [0.25, 0.3) is 0 Å². The first-order valence-corrected chi connectivity index (χ1v) is 6.55. The molecule has 0 radical (unpaired) electrons. The number of rotatable bonds is 6. The van der Waals surface area contributed by atoms with E-state index in [1.54, 1.807) is 0 Å². The topological polar surface area (TPSA) is 80.1 Å². The average molecular weight is 325 g/mol. The summed E-state index contributed by atoms with van der Waals surface area (Å²) in [6.07, 6.45) is 1.96. The second kappa shape index (κ2) is 7.01. The van der Waals surface area contributed by atoms with Crippen molar-refractivity contribution in [2.45, 2.75) is 6.42 Å². The summed E-state index contributed by atoms with van der Waals surface area (Å²) in [5, 5.41) is 9.30. The van der Waals surface area contributed by atoms with Crippen molar-refractivity contribution in [2.24, 2.45) is 0 Å². The maximum absolute atomic E-state index is 11.6. The summed E-state index contributed by atoms with van der Waals surface area (Å²) in [6.45, 7) is 0.847. The Morgan fingerprint density at radius 3 is 2.79 bits per heavy atom. The molecule has 0 atom stereocenters. The number of anilines is 1. The summed E-state index contributed by atoms with van der Waals surface area (Å²) in [5.74, 6) is 0.466. The van der Waals surface area contributed by atoms with Gasteiger partial charge in [0, 0.05) is 23.1 Å². The Balaban J connectivity index is 1.65. The molecule has 2 N–H and O–H groups in total. The predicted octanol–water partition coefficient (Wildman–Crippen LogP) is 1.60. The number of carbonyl (C=O) groups is 1. The van der Waals surface area contributed by atoms with E-state index in [0.29, 0.717) is 18.9 Å². The molecule has 0 aliphatic heterocycles. The highest BCUT2D eigenvalue weighted by Crippen LogP contribution is 2.13. The third-order valence-corrected chi connectivity index (χ3v) is 2.86. The van der Waals surface area contributed by atoms with E-state index in [4.69, 9.17) is 4.52 Å². The zero-order valence-corrected chi connectivity index (χ0v) is 11.7. The van der Waals surface area contributed by atoms with E-state index in [0.717, 1.165) is 10.2 Å². The summed E-state index contributed by atoms with van der Waals surface area (Å²) >= 11 is 3.34. The minimum Gasteiger partial charge on any atom is -0.340 e. The van der Waals surface area contributed by atoms with Crippen molar-refractivity contribution in [2.75, 3.05) is 18.4 Å². The van der Waals surface area contributed by atoms with E-state index >= 15 is 0 Å². The number of carbonyl (C=O) groups excluding carboxylic acids is 1. The molecule has 0 unspecified atom stereocenters. The van der Waals surface area contributed by atoms with Gasteiger partial charge in [-0.05, 0) is 24.3 Å². The van der Waals surface area contributed by atoms with Crippen LogP contribution in [-0.4, -0.2) is 29.1 Å². The Morgan fingerprint density at radius 2 is 2.11 bits per heavy atom. The number of benzene rings is 1. The third kappa shape index (κ3) is 4.80. The first-order chi connectivity index (χ1) is 9.24. The van der Waals surface area contributed by atoms with E-state index in [9.17, 15) is 4.79 Å². The monoisotopic (exact) mass is 324 g/mol. The van der Waals surface area contributed by atoms with Gasteiger partial charge in [-0.3, -0.25) is 4.79 Å². The normalized spacial score (nSPS) is 10.4. The summed E-state index contributed by atoms with van der Waals surface area (Å²) < 4.78 is 5.82. The number of aromatic nitrogens is 2. The lowest BCUT2D eigenvalue weighted by Crippen LogP contribution is -2.29. The van der Waals surface area contributed by atoms with Gasteiger partial charge in [-0.1, -0.05) is 21.1 Å². The van der Waals surface area contributed by atoms with Crippen LogP contribution in [-0.2, 0) is 11.2 Å². The van der Waals surface area contributed by atoms with Crippen LogP contribution in [0.4, 0.5) is 5.69 Å². The van der Waals surface area contributed by atoms with Crippen molar-refractivity contribution in [3.05, 3.63) is 41.0 Å². The highest BCUT2D eigenvalue weighted by Gasteiger charge is 2.03. The van der Waals surface area contributed by atoms with E-state index in [-0.39, 0.29) is 12.5 Å². The van der Waals surface area contributed by atoms with Gasteiger partial charge < -0.3 is 15.2 Å². The third-order valence-electron chi connectivity index (χ3n) is 2.34. The minimum atomic E-state index is -0.0900. The standard InChI is InChI=1S/C12H13BrN4O2/c13-9-1-3-10(4-2-9)17-11(18)7-14-6-5-12-15-8-16-19-12/h1-4,8,14H,5-7H2,(H,17,18). The predicted molar refractivity (Wildman–Crippen MR) is 73.6 cm³/mol. The van der Waals surface area contributed by atoms with Crippen LogP contribution in [0.2, 0.25) is 0 Å². The summed E-state index contributed by atoms with van der Waals surface area (Å²) in [7, 11) is 0. The molecule has 1 heterocycles. The molecule has 0 bridgehead atoms. The molecule has 0 aliphatic rings. The fourth-order valence-electron chi connectivity index (χ4n) is 1.44. The smallest absolute Gasteiger partial charge is 0.238 e. The van der Waals surface area contributed by atoms with Crippen molar-refractivity contribution < 1.29 is 9.32 Å². The number of hydrogen-bond acceptors (Lipinski definition) is 5. The lowest BCUT2D eigenvalue weighted by molar-refractivity contribution is -0.115. The highest BCUT2D eigenvalue weighted by atomic mass is 79.9. The maximum Gasteiger partial charge on any atom is 0.238 e. The molecule has 2 aromatic rings. The molecule has 1 amide bonds. The maximum atomic E-state index is 11.6. The van der Waals surface area contributed by atoms with Gasteiger partial charge in [0.2, 0.25) is 11.8 Å². The fourth-order valence-corrected chi connectivity index (χ4v) is 1.71. The fraction of sp³-hybridized carbons (Fsp3) is 0.250. The van der Waals surface area contributed by atoms with Gasteiger partial charge in [-0.25, -0.2) is 0 Å². The van der Waals surface area contributed by atoms with Gasteiger partial charge in [0.05, 0.1) is 6.54 Å². The Hall–Kier alpha value is -1.73. The molecule has 0 saturated heterocycles. The van der Waals surface area contributed by atoms with Crippen molar-refractivity contribution in [1.82, 2.24) is 15.5 Å². The molecule has 7 heteroatoms. The van der Waals surface area contributed by atoms with Gasteiger partial charge in [-0.15, -0.1) is 0 Å². The van der Waals surface area contributed by atoms with Gasteiger partial charge in [0.15, 0.2) is 6.33 Å². The zero-order valence-electron chi connectivity index (χ0n) is 10.1. The molecule has 0 aliphatic carbocycles. The zero-order chi connectivity index (χ0) is 13.5. The van der Waals surface area contributed by atoms with Crippen molar-refractivity contribution >= 4 is 27.5 Å². The SMILES string of the molecule is O=C(CNCCc1ncno1)Nc1ccc(Br)cc1. The summed E-state index contributed by atoms with van der Waals surface area (Å²) in [6, 6.07) is 7.41. The molecular formula is C12H13BrN4O2. The minimum absolute atomic E-state index is 0.0900. The van der Waals surface area contributed by atoms with Crippen molar-refractivity contribution in [3.63, 3.8) is 0 Å². The van der Waals surface area contributed by atoms with Crippen LogP contribution in [0.1, 0.15) is 5.89 Å². The first-order valence-electron chi connectivity index (χ1n) is 5.76. The van der Waals surface area contributed by atoms with E-state index in [2.05, 4.69) is 36.7 Å². The number of nitrogens with one attached hydrogen (secondary N) is 2. The number of amides is 1. The van der Waals surface area contributed by atoms with Crippen molar-refractivity contribution in [3.8, 4) is 0 Å². The molecule has 0 fully saturated rings. The van der Waals surface area contributed by atoms with Crippen molar-refractivity contribution in [1.29, 1.82) is 0 Å². The molecule has 0 spiro atoms. The molecule has 19 heavy (non-hydrogen) atoms. The van der Waals surface area contributed by atoms with Crippen LogP contribution in [0, 0.1) is 0 Å². The number of hydrogen-bond donors (Lipinski definition) is 2. The average Bonchev–Trinajstić information content (AvgIpc) is 2.91. The molecule has 2 rings (SSSR count). The highest BCUT2D eigenvalue weighted by molar-refractivity contribution is 9.10. The van der Waals surface area contributed by atoms with Gasteiger partial charge in [0.1, 0.15) is 0 Å². The molecular weight excluding hydrogens is 312 g/mol. The van der Waals surface area contributed by atoms with Crippen LogP contribution in [0.3, 0.4) is 0 Å². The van der Waals surface area contributed by atoms with Crippen LogP contribution in [0.15, 0.2) is 39.6 Å². The van der Waals surface area contributed by atoms with Gasteiger partial charge >= 0.3 is 0 Å². The lowest BCUT2D eigenvalue weighted by Gasteiger charge is -2.06. The Kier molecular flexibility index (Phi) is 5.05. The second-order valence-corrected chi connectivity index (χ2v) is 4.73. The molecule has 6 nitrogen and oxygen atoms in total. The van der Waals surface area contributed by atoms with Crippen LogP contribution < -0.4 is 10.6 Å². The molecule has 100 valence electrons. The largest absolute Gasteiger partial charge is 0.340 e. The molecule has 1 aromatic heterocycles. The van der Waals surface area contributed by atoms with Gasteiger partial charge in [-0.2, -0.15) is 4.98 Å².